The first-order valence-corrected chi connectivity index (χ1v) is 4.64. The second-order valence-electron chi connectivity index (χ2n) is 3.19. The summed E-state index contributed by atoms with van der Waals surface area (Å²) < 4.78 is 1.44. The average molecular weight is 221 g/mol. The number of hydrogen-bond donors (Lipinski definition) is 3. The van der Waals surface area contributed by atoms with Gasteiger partial charge in [-0.2, -0.15) is 5.10 Å². The van der Waals surface area contributed by atoms with E-state index < -0.39 is 0 Å². The number of nitrogens with one attached hydrogen (secondary N) is 2. The van der Waals surface area contributed by atoms with Crippen LogP contribution in [0.15, 0.2) is 18.6 Å². The van der Waals surface area contributed by atoms with E-state index in [0.29, 0.717) is 12.4 Å². The van der Waals surface area contributed by atoms with Crippen LogP contribution >= 0.6 is 0 Å². The summed E-state index contributed by atoms with van der Waals surface area (Å²) in [5.41, 5.74) is 6.32. The van der Waals surface area contributed by atoms with Crippen molar-refractivity contribution in [3.05, 3.63) is 24.2 Å². The van der Waals surface area contributed by atoms with E-state index in [-0.39, 0.29) is 12.5 Å². The zero-order valence-corrected chi connectivity index (χ0v) is 8.42. The minimum Gasteiger partial charge on any atom is -0.384 e. The summed E-state index contributed by atoms with van der Waals surface area (Å²) in [5, 5.41) is 16.3. The van der Waals surface area contributed by atoms with E-state index in [0.717, 1.165) is 5.56 Å². The minimum atomic E-state index is -0.161. The van der Waals surface area contributed by atoms with Gasteiger partial charge in [0, 0.05) is 18.3 Å². The zero-order chi connectivity index (χ0) is 11.4. The lowest BCUT2D eigenvalue weighted by Gasteiger charge is -2.03. The Morgan fingerprint density at radius 1 is 1.62 bits per heavy atom. The highest BCUT2D eigenvalue weighted by Crippen LogP contribution is 2.04. The monoisotopic (exact) mass is 221 g/mol. The topological polar surface area (TPSA) is 115 Å². The van der Waals surface area contributed by atoms with Gasteiger partial charge in [0.05, 0.1) is 12.4 Å². The van der Waals surface area contributed by atoms with Crippen LogP contribution in [0.3, 0.4) is 0 Å². The summed E-state index contributed by atoms with van der Waals surface area (Å²) in [7, 11) is 0. The van der Waals surface area contributed by atoms with Crippen LogP contribution in [-0.4, -0.2) is 31.1 Å². The molecule has 16 heavy (non-hydrogen) atoms. The highest BCUT2D eigenvalue weighted by molar-refractivity contribution is 5.75. The lowest BCUT2D eigenvalue weighted by molar-refractivity contribution is -0.122. The molecule has 2 aromatic rings. The molecule has 8 heteroatoms. The van der Waals surface area contributed by atoms with Gasteiger partial charge in [-0.3, -0.25) is 9.89 Å². The van der Waals surface area contributed by atoms with Crippen LogP contribution in [0.4, 0.5) is 5.82 Å². The van der Waals surface area contributed by atoms with E-state index >= 15 is 0 Å². The summed E-state index contributed by atoms with van der Waals surface area (Å²) >= 11 is 0. The van der Waals surface area contributed by atoms with Crippen molar-refractivity contribution in [2.75, 3.05) is 5.73 Å². The first kappa shape index (κ1) is 10.1. The van der Waals surface area contributed by atoms with Gasteiger partial charge < -0.3 is 11.1 Å². The molecule has 0 unspecified atom stereocenters. The molecule has 4 N–H and O–H groups in total. The molecule has 0 fully saturated rings. The molecule has 0 aromatic carbocycles. The lowest BCUT2D eigenvalue weighted by Crippen LogP contribution is -2.27. The molecule has 1 amide bonds. The van der Waals surface area contributed by atoms with Crippen molar-refractivity contribution in [2.45, 2.75) is 13.1 Å². The first-order chi connectivity index (χ1) is 7.75. The standard InChI is InChI=1S/C8H11N7O/c9-8-6(4-12-13-8)3-10-7(16)5-15-2-1-11-14-15/h1-2,4H,3,5H2,(H,10,16)(H3,9,12,13). The molecule has 2 heterocycles. The second kappa shape index (κ2) is 4.43. The summed E-state index contributed by atoms with van der Waals surface area (Å²) in [6.07, 6.45) is 4.71. The maximum absolute atomic E-state index is 11.4. The van der Waals surface area contributed by atoms with Crippen LogP contribution in [0, 0.1) is 0 Å². The second-order valence-corrected chi connectivity index (χ2v) is 3.19. The Balaban J connectivity index is 1.82. The number of nitrogen functional groups attached to an aromatic ring is 1. The van der Waals surface area contributed by atoms with Crippen molar-refractivity contribution in [1.29, 1.82) is 0 Å². The normalized spacial score (nSPS) is 10.2. The summed E-state index contributed by atoms with van der Waals surface area (Å²) in [6.45, 7) is 0.480. The Morgan fingerprint density at radius 2 is 2.50 bits per heavy atom. The summed E-state index contributed by atoms with van der Waals surface area (Å²) in [6, 6.07) is 0. The third-order valence-electron chi connectivity index (χ3n) is 2.00. The number of H-pyrrole nitrogens is 1. The molecule has 0 bridgehead atoms. The van der Waals surface area contributed by atoms with Crippen LogP contribution in [0.1, 0.15) is 5.56 Å². The number of carbonyl (C=O) groups excluding carboxylic acids is 1. The number of rotatable bonds is 4. The third-order valence-corrected chi connectivity index (χ3v) is 2.00. The Morgan fingerprint density at radius 3 is 3.12 bits per heavy atom. The maximum Gasteiger partial charge on any atom is 0.242 e. The van der Waals surface area contributed by atoms with E-state index in [1.165, 1.54) is 10.9 Å². The third kappa shape index (κ3) is 2.35. The fourth-order valence-electron chi connectivity index (χ4n) is 1.18. The molecule has 0 aliphatic heterocycles. The number of carbonyl (C=O) groups is 1. The van der Waals surface area contributed by atoms with Crippen LogP contribution in [0.5, 0.6) is 0 Å². The molecule has 8 nitrogen and oxygen atoms in total. The highest BCUT2D eigenvalue weighted by Gasteiger charge is 2.05. The van der Waals surface area contributed by atoms with Crippen LogP contribution < -0.4 is 11.1 Å². The molecule has 0 aliphatic carbocycles. The summed E-state index contributed by atoms with van der Waals surface area (Å²) in [5.74, 6) is 0.298. The zero-order valence-electron chi connectivity index (χ0n) is 8.42. The Hall–Kier alpha value is -2.38. The quantitative estimate of drug-likeness (QED) is 0.606. The molecule has 0 spiro atoms. The number of aromatic amines is 1. The van der Waals surface area contributed by atoms with Gasteiger partial charge in [-0.15, -0.1) is 5.10 Å². The van der Waals surface area contributed by atoms with Gasteiger partial charge in [0.1, 0.15) is 12.4 Å². The van der Waals surface area contributed by atoms with Gasteiger partial charge in [0.2, 0.25) is 5.91 Å². The molecule has 84 valence electrons. The molecular weight excluding hydrogens is 210 g/mol. The van der Waals surface area contributed by atoms with Crippen molar-refractivity contribution in [3.8, 4) is 0 Å². The molecular formula is C8H11N7O. The maximum atomic E-state index is 11.4. The summed E-state index contributed by atoms with van der Waals surface area (Å²) in [4.78, 5) is 11.4. The highest BCUT2D eigenvalue weighted by atomic mass is 16.2. The smallest absolute Gasteiger partial charge is 0.242 e. The minimum absolute atomic E-state index is 0.137. The molecule has 2 rings (SSSR count). The van der Waals surface area contributed by atoms with E-state index in [9.17, 15) is 4.79 Å². The number of anilines is 1. The number of nitrogens with two attached hydrogens (primary N) is 1. The predicted octanol–water partition coefficient (Wildman–Crippen LogP) is -1.10. The molecule has 0 aliphatic rings. The van der Waals surface area contributed by atoms with Crippen molar-refractivity contribution in [2.24, 2.45) is 0 Å². The number of hydrogen-bond acceptors (Lipinski definition) is 5. The van der Waals surface area contributed by atoms with Gasteiger partial charge in [0.25, 0.3) is 0 Å². The van der Waals surface area contributed by atoms with E-state index in [1.807, 2.05) is 0 Å². The molecule has 0 saturated heterocycles. The number of nitrogens with zero attached hydrogens (tertiary/aromatic N) is 4. The molecule has 0 atom stereocenters. The van der Waals surface area contributed by atoms with E-state index in [1.54, 1.807) is 12.4 Å². The van der Waals surface area contributed by atoms with Gasteiger partial charge in [-0.25, -0.2) is 4.68 Å². The predicted molar refractivity (Wildman–Crippen MR) is 54.9 cm³/mol. The van der Waals surface area contributed by atoms with Crippen molar-refractivity contribution in [1.82, 2.24) is 30.5 Å². The van der Waals surface area contributed by atoms with Crippen molar-refractivity contribution in [3.63, 3.8) is 0 Å². The van der Waals surface area contributed by atoms with Crippen LogP contribution in [-0.2, 0) is 17.9 Å². The molecule has 0 saturated carbocycles. The lowest BCUT2D eigenvalue weighted by atomic mass is 10.3. The number of aromatic nitrogens is 5. The van der Waals surface area contributed by atoms with Gasteiger partial charge in [0.15, 0.2) is 0 Å². The SMILES string of the molecule is Nc1[nH]ncc1CNC(=O)Cn1ccnn1. The van der Waals surface area contributed by atoms with E-state index in [4.69, 9.17) is 5.73 Å². The van der Waals surface area contributed by atoms with Gasteiger partial charge in [-0.05, 0) is 0 Å². The Kier molecular flexibility index (Phi) is 2.81. The Bertz CT molecular complexity index is 460. The largest absolute Gasteiger partial charge is 0.384 e. The van der Waals surface area contributed by atoms with Crippen molar-refractivity contribution < 1.29 is 4.79 Å². The van der Waals surface area contributed by atoms with Crippen molar-refractivity contribution >= 4 is 11.7 Å². The Labute approximate surface area is 90.8 Å². The van der Waals surface area contributed by atoms with E-state index in [2.05, 4.69) is 25.8 Å². The fraction of sp³-hybridized carbons (Fsp3) is 0.250. The average Bonchev–Trinajstić information content (AvgIpc) is 2.87. The van der Waals surface area contributed by atoms with Gasteiger partial charge >= 0.3 is 0 Å². The first-order valence-electron chi connectivity index (χ1n) is 4.64. The molecule has 0 radical (unpaired) electrons. The number of amides is 1. The molecule has 2 aromatic heterocycles. The van der Waals surface area contributed by atoms with Crippen LogP contribution in [0.25, 0.3) is 0 Å². The van der Waals surface area contributed by atoms with Gasteiger partial charge in [-0.1, -0.05) is 5.21 Å². The fourth-order valence-corrected chi connectivity index (χ4v) is 1.18. The van der Waals surface area contributed by atoms with Crippen LogP contribution in [0.2, 0.25) is 0 Å².